The average molecular weight is 485 g/mol. The number of hydrogen-bond donors (Lipinski definition) is 0. The van der Waals surface area contributed by atoms with Crippen LogP contribution in [0.1, 0.15) is 15.9 Å². The summed E-state index contributed by atoms with van der Waals surface area (Å²) < 4.78 is 90.2. The molecule has 0 heterocycles. The van der Waals surface area contributed by atoms with E-state index < -0.39 is 42.9 Å². The van der Waals surface area contributed by atoms with Crippen molar-refractivity contribution in [3.05, 3.63) is 35.4 Å². The Kier molecular flexibility index (Phi) is 12.3. The van der Waals surface area contributed by atoms with Gasteiger partial charge in [-0.15, -0.1) is 0 Å². The Morgan fingerprint density at radius 2 is 1.59 bits per heavy atom. The van der Waals surface area contributed by atoms with Crippen molar-refractivity contribution in [2.45, 2.75) is 24.7 Å². The molecule has 14 heteroatoms. The smallest absolute Gasteiger partial charge is 0.748 e. The molecule has 0 aliphatic rings. The van der Waals surface area contributed by atoms with Gasteiger partial charge in [0.1, 0.15) is 0 Å². The SMILES string of the molecule is CO[Si](CCc1ccc(C(=O)OC(CS(=O)(=O)[O-])C(F)(F)F)cc1)(OC)OC.[K+]. The van der Waals surface area contributed by atoms with Gasteiger partial charge in [0, 0.05) is 27.4 Å². The van der Waals surface area contributed by atoms with Crippen molar-refractivity contribution in [2.24, 2.45) is 0 Å². The third-order valence-corrected chi connectivity index (χ3v) is 7.25. The van der Waals surface area contributed by atoms with Gasteiger partial charge in [0.05, 0.1) is 21.4 Å². The number of halogens is 3. The van der Waals surface area contributed by atoms with Crippen LogP contribution in [0.15, 0.2) is 24.3 Å². The molecule has 0 spiro atoms. The molecule has 0 amide bonds. The summed E-state index contributed by atoms with van der Waals surface area (Å²) in [4.78, 5) is 11.9. The molecule has 1 aromatic rings. The quantitative estimate of drug-likeness (QED) is 0.230. The van der Waals surface area contributed by atoms with Gasteiger partial charge >= 0.3 is 72.3 Å². The number of alkyl halides is 3. The minimum Gasteiger partial charge on any atom is -0.748 e. The van der Waals surface area contributed by atoms with Gasteiger partial charge in [0.2, 0.25) is 6.10 Å². The maximum Gasteiger partial charge on any atom is 1.00 e. The van der Waals surface area contributed by atoms with E-state index in [1.54, 1.807) is 0 Å². The molecule has 0 radical (unpaired) electrons. The van der Waals surface area contributed by atoms with E-state index >= 15 is 0 Å². The second kappa shape index (κ2) is 12.2. The van der Waals surface area contributed by atoms with Crippen LogP contribution in [0.4, 0.5) is 13.2 Å². The van der Waals surface area contributed by atoms with E-state index in [9.17, 15) is 30.9 Å². The van der Waals surface area contributed by atoms with Crippen LogP contribution in [-0.4, -0.2) is 67.1 Å². The Morgan fingerprint density at radius 1 is 1.10 bits per heavy atom. The molecule has 0 aliphatic carbocycles. The molecule has 29 heavy (non-hydrogen) atoms. The fourth-order valence-corrected chi connectivity index (χ4v) is 4.57. The Bertz CT molecular complexity index is 746. The second-order valence-electron chi connectivity index (χ2n) is 5.65. The van der Waals surface area contributed by atoms with Crippen LogP contribution in [0.2, 0.25) is 6.04 Å². The molecule has 0 aromatic heterocycles. The summed E-state index contributed by atoms with van der Waals surface area (Å²) in [6.45, 7) is 0. The molecule has 1 rings (SSSR count). The zero-order chi connectivity index (χ0) is 21.6. The third-order valence-electron chi connectivity index (χ3n) is 3.81. The van der Waals surface area contributed by atoms with Gasteiger partial charge in [-0.3, -0.25) is 0 Å². The summed E-state index contributed by atoms with van der Waals surface area (Å²) >= 11 is 0. The van der Waals surface area contributed by atoms with Gasteiger partial charge < -0.3 is 22.6 Å². The zero-order valence-electron chi connectivity index (χ0n) is 16.3. The molecular formula is C15H20F3KO8SSi. The largest absolute Gasteiger partial charge is 1.00 e. The number of carbonyl (C=O) groups excluding carboxylic acids is 1. The minimum absolute atomic E-state index is 0. The van der Waals surface area contributed by atoms with Crippen LogP contribution in [0.25, 0.3) is 0 Å². The molecular weight excluding hydrogens is 464 g/mol. The van der Waals surface area contributed by atoms with Gasteiger partial charge in [-0.2, -0.15) is 13.2 Å². The average Bonchev–Trinajstić information content (AvgIpc) is 2.61. The van der Waals surface area contributed by atoms with Crippen molar-refractivity contribution in [1.29, 1.82) is 0 Å². The number of carbonyl (C=O) groups is 1. The molecule has 0 N–H and O–H groups in total. The molecule has 1 aromatic carbocycles. The maximum atomic E-state index is 12.8. The van der Waals surface area contributed by atoms with E-state index in [1.165, 1.54) is 45.6 Å². The number of hydrogen-bond acceptors (Lipinski definition) is 8. The Hall–Kier alpha value is 0.123. The van der Waals surface area contributed by atoms with E-state index in [1.807, 2.05) is 0 Å². The molecule has 1 atom stereocenters. The van der Waals surface area contributed by atoms with Crippen LogP contribution in [-0.2, 0) is 34.6 Å². The molecule has 0 bridgehead atoms. The zero-order valence-corrected chi connectivity index (χ0v) is 21.3. The second-order valence-corrected chi connectivity index (χ2v) is 10.2. The van der Waals surface area contributed by atoms with Crippen molar-refractivity contribution in [2.75, 3.05) is 27.1 Å². The molecule has 0 fully saturated rings. The first-order valence-electron chi connectivity index (χ1n) is 7.81. The maximum absolute atomic E-state index is 12.8. The fraction of sp³-hybridized carbons (Fsp3) is 0.533. The summed E-state index contributed by atoms with van der Waals surface area (Å²) in [5, 5.41) is 0. The number of esters is 1. The van der Waals surface area contributed by atoms with E-state index in [2.05, 4.69) is 4.74 Å². The molecule has 160 valence electrons. The molecule has 0 saturated heterocycles. The van der Waals surface area contributed by atoms with Gasteiger partial charge in [-0.25, -0.2) is 13.2 Å². The van der Waals surface area contributed by atoms with Gasteiger partial charge in [-0.05, 0) is 24.1 Å². The van der Waals surface area contributed by atoms with Crippen LogP contribution in [0, 0.1) is 0 Å². The summed E-state index contributed by atoms with van der Waals surface area (Å²) in [5.41, 5.74) is 0.504. The fourth-order valence-electron chi connectivity index (χ4n) is 2.24. The summed E-state index contributed by atoms with van der Waals surface area (Å²) in [6, 6.07) is 5.87. The monoisotopic (exact) mass is 484 g/mol. The summed E-state index contributed by atoms with van der Waals surface area (Å²) in [5.74, 6) is -3.29. The number of rotatable bonds is 10. The van der Waals surface area contributed by atoms with Gasteiger partial charge in [0.25, 0.3) is 0 Å². The first-order chi connectivity index (χ1) is 12.9. The van der Waals surface area contributed by atoms with E-state index in [-0.39, 0.29) is 56.9 Å². The minimum atomic E-state index is -5.25. The first kappa shape index (κ1) is 29.1. The van der Waals surface area contributed by atoms with Crippen LogP contribution in [0.5, 0.6) is 0 Å². The standard InChI is InChI=1S/C15H21F3O8SSi.K/c1-23-28(24-2,25-3)9-8-11-4-6-12(7-5-11)14(19)26-13(15(16,17)18)10-27(20,21)22;/h4-7,13H,8-10H2,1-3H3,(H,20,21,22);/q;+1/p-1. The van der Waals surface area contributed by atoms with Crippen molar-refractivity contribution in [3.63, 3.8) is 0 Å². The number of aryl methyl sites for hydroxylation is 1. The topological polar surface area (TPSA) is 111 Å². The Morgan fingerprint density at radius 3 is 1.97 bits per heavy atom. The van der Waals surface area contributed by atoms with E-state index in [0.717, 1.165) is 5.56 Å². The third kappa shape index (κ3) is 9.86. The van der Waals surface area contributed by atoms with Crippen molar-refractivity contribution >= 4 is 24.9 Å². The molecule has 0 aliphatic heterocycles. The van der Waals surface area contributed by atoms with Crippen LogP contribution < -0.4 is 51.4 Å². The van der Waals surface area contributed by atoms with E-state index in [0.29, 0.717) is 12.5 Å². The summed E-state index contributed by atoms with van der Waals surface area (Å²) in [7, 11) is -3.69. The van der Waals surface area contributed by atoms with Gasteiger partial charge in [-0.1, -0.05) is 12.1 Å². The first-order valence-corrected chi connectivity index (χ1v) is 11.3. The molecule has 0 saturated carbocycles. The van der Waals surface area contributed by atoms with Crippen LogP contribution in [0.3, 0.4) is 0 Å². The predicted octanol–water partition coefficient (Wildman–Crippen LogP) is -1.26. The Labute approximate surface area is 210 Å². The molecule has 1 unspecified atom stereocenters. The summed E-state index contributed by atoms with van der Waals surface area (Å²) in [6.07, 6.45) is -7.78. The number of benzene rings is 1. The van der Waals surface area contributed by atoms with Crippen molar-refractivity contribution in [3.8, 4) is 0 Å². The Balaban J connectivity index is 0.00000784. The molecule has 8 nitrogen and oxygen atoms in total. The van der Waals surface area contributed by atoms with E-state index in [4.69, 9.17) is 13.3 Å². The normalized spacial score (nSPS) is 13.5. The number of ether oxygens (including phenoxy) is 1. The van der Waals surface area contributed by atoms with Crippen molar-refractivity contribution < 1.29 is 100 Å². The van der Waals surface area contributed by atoms with Crippen molar-refractivity contribution in [1.82, 2.24) is 0 Å². The van der Waals surface area contributed by atoms with Gasteiger partial charge in [0.15, 0.2) is 0 Å². The predicted molar refractivity (Wildman–Crippen MR) is 91.6 cm³/mol. The van der Waals surface area contributed by atoms with Crippen LogP contribution >= 0.6 is 0 Å².